The predicted octanol–water partition coefficient (Wildman–Crippen LogP) is 1.03. The second-order valence-corrected chi connectivity index (χ2v) is 6.47. The minimum Gasteiger partial charge on any atom is -0.481 e. The minimum atomic E-state index is -3.73. The molecule has 2 N–H and O–H groups in total. The Morgan fingerprint density at radius 1 is 1.20 bits per heavy atom. The van der Waals surface area contributed by atoms with Gasteiger partial charge in [-0.25, -0.2) is 13.1 Å². The molecule has 1 aliphatic rings. The zero-order chi connectivity index (χ0) is 14.8. The summed E-state index contributed by atoms with van der Waals surface area (Å²) in [4.78, 5) is 22.1. The average molecular weight is 297 g/mol. The average Bonchev–Trinajstić information content (AvgIpc) is 3.21. The molecule has 0 heterocycles. The summed E-state index contributed by atoms with van der Waals surface area (Å²) >= 11 is 0. The number of nitrogens with one attached hydrogen (secondary N) is 1. The highest BCUT2D eigenvalue weighted by molar-refractivity contribution is 7.89. The van der Waals surface area contributed by atoms with E-state index in [1.807, 2.05) is 0 Å². The van der Waals surface area contributed by atoms with Crippen molar-refractivity contribution in [3.8, 4) is 0 Å². The number of carbonyl (C=O) groups excluding carboxylic acids is 1. The number of carboxylic acid groups (broad SMARTS) is 1. The van der Waals surface area contributed by atoms with Crippen molar-refractivity contribution in [3.63, 3.8) is 0 Å². The summed E-state index contributed by atoms with van der Waals surface area (Å²) in [7, 11) is -3.73. The molecule has 0 aliphatic heterocycles. The smallest absolute Gasteiger partial charge is 0.304 e. The molecule has 0 saturated heterocycles. The molecule has 0 unspecified atom stereocenters. The van der Waals surface area contributed by atoms with E-state index in [0.29, 0.717) is 5.56 Å². The molecule has 0 radical (unpaired) electrons. The molecule has 1 aromatic carbocycles. The van der Waals surface area contributed by atoms with Crippen molar-refractivity contribution < 1.29 is 23.1 Å². The Labute approximate surface area is 116 Å². The van der Waals surface area contributed by atoms with Crippen LogP contribution in [0.25, 0.3) is 0 Å². The topological polar surface area (TPSA) is 101 Å². The third-order valence-electron chi connectivity index (χ3n) is 3.03. The molecule has 1 fully saturated rings. The number of Topliss-reactive ketones (excluding diaryl/α,β-unsaturated/α-hetero) is 1. The Hall–Kier alpha value is -1.73. The second-order valence-electron chi connectivity index (χ2n) is 4.70. The molecule has 6 nitrogen and oxygen atoms in total. The molecular formula is C13H15NO5S. The van der Waals surface area contributed by atoms with Gasteiger partial charge in [0.2, 0.25) is 10.0 Å². The van der Waals surface area contributed by atoms with Gasteiger partial charge in [-0.3, -0.25) is 9.59 Å². The van der Waals surface area contributed by atoms with Crippen molar-refractivity contribution >= 4 is 21.8 Å². The van der Waals surface area contributed by atoms with E-state index >= 15 is 0 Å². The van der Waals surface area contributed by atoms with Crippen LogP contribution in [-0.4, -0.2) is 31.8 Å². The summed E-state index contributed by atoms with van der Waals surface area (Å²) in [6, 6.07) is 5.70. The summed E-state index contributed by atoms with van der Waals surface area (Å²) in [6.07, 6.45) is 1.52. The Balaban J connectivity index is 2.04. The van der Waals surface area contributed by atoms with Crippen LogP contribution in [0.15, 0.2) is 29.2 Å². The highest BCUT2D eigenvalue weighted by Gasteiger charge is 2.30. The van der Waals surface area contributed by atoms with E-state index in [4.69, 9.17) is 5.11 Å². The van der Waals surface area contributed by atoms with Gasteiger partial charge in [0.1, 0.15) is 0 Å². The lowest BCUT2D eigenvalue weighted by Gasteiger charge is -2.06. The Kier molecular flexibility index (Phi) is 4.20. The summed E-state index contributed by atoms with van der Waals surface area (Å²) < 4.78 is 25.9. The summed E-state index contributed by atoms with van der Waals surface area (Å²) in [6.45, 7) is -0.166. The Morgan fingerprint density at radius 2 is 1.80 bits per heavy atom. The highest BCUT2D eigenvalue weighted by atomic mass is 32.2. The lowest BCUT2D eigenvalue weighted by Crippen LogP contribution is -2.26. The van der Waals surface area contributed by atoms with Crippen LogP contribution < -0.4 is 4.72 Å². The van der Waals surface area contributed by atoms with Gasteiger partial charge in [-0.1, -0.05) is 12.1 Å². The molecule has 0 atom stereocenters. The standard InChI is InChI=1S/C13H15NO5S/c15-12(16)7-8-14-20(18,19)11-5-3-10(4-6-11)13(17)9-1-2-9/h3-6,9,14H,1-2,7-8H2,(H,15,16). The molecule has 2 rings (SSSR count). The molecule has 0 aromatic heterocycles. The fraction of sp³-hybridized carbons (Fsp3) is 0.385. The van der Waals surface area contributed by atoms with E-state index in [1.54, 1.807) is 0 Å². The summed E-state index contributed by atoms with van der Waals surface area (Å²) in [5, 5.41) is 8.46. The van der Waals surface area contributed by atoms with Crippen LogP contribution >= 0.6 is 0 Å². The van der Waals surface area contributed by atoms with Crippen LogP contribution in [0.4, 0.5) is 0 Å². The number of hydrogen-bond donors (Lipinski definition) is 2. The van der Waals surface area contributed by atoms with Crippen LogP contribution in [0.3, 0.4) is 0 Å². The maximum absolute atomic E-state index is 11.9. The number of benzene rings is 1. The van der Waals surface area contributed by atoms with Gasteiger partial charge in [-0.2, -0.15) is 0 Å². The molecule has 1 aromatic rings. The van der Waals surface area contributed by atoms with Crippen molar-refractivity contribution in [2.75, 3.05) is 6.54 Å². The first-order valence-electron chi connectivity index (χ1n) is 6.26. The summed E-state index contributed by atoms with van der Waals surface area (Å²) in [5.41, 5.74) is 0.511. The van der Waals surface area contributed by atoms with Crippen molar-refractivity contribution in [3.05, 3.63) is 29.8 Å². The molecule has 20 heavy (non-hydrogen) atoms. The number of rotatable bonds is 7. The first-order valence-corrected chi connectivity index (χ1v) is 7.74. The summed E-state index contributed by atoms with van der Waals surface area (Å²) in [5.74, 6) is -0.933. The van der Waals surface area contributed by atoms with Crippen LogP contribution in [0.1, 0.15) is 29.6 Å². The monoisotopic (exact) mass is 297 g/mol. The van der Waals surface area contributed by atoms with Gasteiger partial charge in [0.05, 0.1) is 11.3 Å². The zero-order valence-electron chi connectivity index (χ0n) is 10.7. The third kappa shape index (κ3) is 3.64. The van der Waals surface area contributed by atoms with Crippen molar-refractivity contribution in [1.29, 1.82) is 0 Å². The molecule has 0 spiro atoms. The number of carboxylic acids is 1. The molecule has 0 amide bonds. The third-order valence-corrected chi connectivity index (χ3v) is 4.51. The van der Waals surface area contributed by atoms with Crippen LogP contribution in [0.5, 0.6) is 0 Å². The minimum absolute atomic E-state index is 0.0234. The normalized spacial score (nSPS) is 15.0. The maximum Gasteiger partial charge on any atom is 0.304 e. The zero-order valence-corrected chi connectivity index (χ0v) is 11.5. The van der Waals surface area contributed by atoms with Gasteiger partial charge in [-0.15, -0.1) is 0 Å². The Morgan fingerprint density at radius 3 is 2.30 bits per heavy atom. The number of carbonyl (C=O) groups is 2. The van der Waals surface area contributed by atoms with Crippen molar-refractivity contribution in [2.24, 2.45) is 5.92 Å². The van der Waals surface area contributed by atoms with Crippen LogP contribution in [0.2, 0.25) is 0 Å². The van der Waals surface area contributed by atoms with Gasteiger partial charge >= 0.3 is 5.97 Å². The van der Waals surface area contributed by atoms with Gasteiger partial charge in [0.15, 0.2) is 5.78 Å². The van der Waals surface area contributed by atoms with Gasteiger partial charge in [0, 0.05) is 18.0 Å². The van der Waals surface area contributed by atoms with Crippen LogP contribution in [0, 0.1) is 5.92 Å². The molecule has 1 saturated carbocycles. The van der Waals surface area contributed by atoms with Gasteiger partial charge in [-0.05, 0) is 25.0 Å². The van der Waals surface area contributed by atoms with Gasteiger partial charge < -0.3 is 5.11 Å². The largest absolute Gasteiger partial charge is 0.481 e. The molecule has 108 valence electrons. The molecule has 0 bridgehead atoms. The number of ketones is 1. The lowest BCUT2D eigenvalue weighted by atomic mass is 10.1. The second kappa shape index (κ2) is 5.72. The SMILES string of the molecule is O=C(O)CCNS(=O)(=O)c1ccc(C(=O)C2CC2)cc1. The van der Waals surface area contributed by atoms with Gasteiger partial charge in [0.25, 0.3) is 0 Å². The Bertz CT molecular complexity index is 617. The highest BCUT2D eigenvalue weighted by Crippen LogP contribution is 2.32. The quantitative estimate of drug-likeness (QED) is 0.732. The van der Waals surface area contributed by atoms with E-state index in [1.165, 1.54) is 24.3 Å². The molecular weight excluding hydrogens is 282 g/mol. The maximum atomic E-state index is 11.9. The first kappa shape index (κ1) is 14.7. The number of aliphatic carboxylic acids is 1. The number of sulfonamides is 1. The molecule has 1 aliphatic carbocycles. The van der Waals surface area contributed by atoms with Crippen molar-refractivity contribution in [2.45, 2.75) is 24.2 Å². The van der Waals surface area contributed by atoms with E-state index in [2.05, 4.69) is 4.72 Å². The van der Waals surface area contributed by atoms with E-state index in [-0.39, 0.29) is 29.6 Å². The lowest BCUT2D eigenvalue weighted by molar-refractivity contribution is -0.136. The molecule has 7 heteroatoms. The number of hydrogen-bond acceptors (Lipinski definition) is 4. The predicted molar refractivity (Wildman–Crippen MR) is 70.9 cm³/mol. The fourth-order valence-corrected chi connectivity index (χ4v) is 2.79. The van der Waals surface area contributed by atoms with Crippen LogP contribution in [-0.2, 0) is 14.8 Å². The van der Waals surface area contributed by atoms with E-state index in [9.17, 15) is 18.0 Å². The van der Waals surface area contributed by atoms with Crippen molar-refractivity contribution in [1.82, 2.24) is 4.72 Å². The first-order chi connectivity index (χ1) is 9.40. The van der Waals surface area contributed by atoms with E-state index in [0.717, 1.165) is 12.8 Å². The fourth-order valence-electron chi connectivity index (χ4n) is 1.76. The van der Waals surface area contributed by atoms with E-state index < -0.39 is 16.0 Å².